The quantitative estimate of drug-likeness (QED) is 0.731. The Morgan fingerprint density at radius 1 is 1.19 bits per heavy atom. The minimum atomic E-state index is -1.70. The Morgan fingerprint density at radius 2 is 1.85 bits per heavy atom. The fourth-order valence-electron chi connectivity index (χ4n) is 2.18. The summed E-state index contributed by atoms with van der Waals surface area (Å²) in [4.78, 5) is 11.6. The maximum atomic E-state index is 13.3. The third-order valence-corrected chi connectivity index (χ3v) is 3.56. The van der Waals surface area contributed by atoms with Crippen LogP contribution >= 0.6 is 0 Å². The number of nitrogens with zero attached hydrogens (tertiary/aromatic N) is 1. The molecule has 0 aliphatic rings. The zero-order chi connectivity index (χ0) is 19.1. The maximum absolute atomic E-state index is 13.3. The lowest BCUT2D eigenvalue weighted by Crippen LogP contribution is -2.36. The van der Waals surface area contributed by atoms with E-state index >= 15 is 0 Å². The monoisotopic (exact) mass is 362 g/mol. The summed E-state index contributed by atoms with van der Waals surface area (Å²) in [6, 6.07) is 11.8. The Morgan fingerprint density at radius 3 is 2.50 bits per heavy atom. The van der Waals surface area contributed by atoms with Gasteiger partial charge < -0.3 is 20.3 Å². The van der Waals surface area contributed by atoms with Crippen LogP contribution in [0.25, 0.3) is 0 Å². The standard InChI is InChI=1S/C18H16F2N2O4/c19-14-6-12(8-21)13(7-15(14)20)17(24)16(23)9-22-18(25)26-10-11-4-2-1-3-5-11/h1-7,16-17,23-24H,9-10H2,(H,22,25). The van der Waals surface area contributed by atoms with Gasteiger partial charge in [0.05, 0.1) is 11.6 Å². The van der Waals surface area contributed by atoms with Crippen molar-refractivity contribution in [1.29, 1.82) is 5.26 Å². The molecule has 1 amide bonds. The number of nitriles is 1. The third kappa shape index (κ3) is 4.99. The van der Waals surface area contributed by atoms with Gasteiger partial charge in [-0.1, -0.05) is 30.3 Å². The van der Waals surface area contributed by atoms with Crippen LogP contribution in [0.1, 0.15) is 22.8 Å². The Hall–Kier alpha value is -3.02. The van der Waals surface area contributed by atoms with Gasteiger partial charge in [-0.3, -0.25) is 0 Å². The molecule has 2 aromatic carbocycles. The number of aliphatic hydroxyl groups excluding tert-OH is 2. The highest BCUT2D eigenvalue weighted by Crippen LogP contribution is 2.23. The number of aliphatic hydroxyl groups is 2. The zero-order valence-electron chi connectivity index (χ0n) is 13.5. The van der Waals surface area contributed by atoms with Crippen molar-refractivity contribution in [2.45, 2.75) is 18.8 Å². The first kappa shape index (κ1) is 19.3. The highest BCUT2D eigenvalue weighted by molar-refractivity contribution is 5.67. The van der Waals surface area contributed by atoms with E-state index in [1.165, 1.54) is 0 Å². The molecule has 0 fully saturated rings. The molecule has 136 valence electrons. The number of alkyl carbamates (subject to hydrolysis) is 1. The van der Waals surface area contributed by atoms with Crippen molar-refractivity contribution in [3.63, 3.8) is 0 Å². The van der Waals surface area contributed by atoms with Crippen LogP contribution in [-0.2, 0) is 11.3 Å². The summed E-state index contributed by atoms with van der Waals surface area (Å²) in [7, 11) is 0. The summed E-state index contributed by atoms with van der Waals surface area (Å²) in [5, 5.41) is 31.2. The summed E-state index contributed by atoms with van der Waals surface area (Å²) < 4.78 is 31.4. The van der Waals surface area contributed by atoms with E-state index < -0.39 is 36.5 Å². The van der Waals surface area contributed by atoms with Crippen LogP contribution in [0.3, 0.4) is 0 Å². The number of hydrogen-bond donors (Lipinski definition) is 3. The number of nitrogens with one attached hydrogen (secondary N) is 1. The summed E-state index contributed by atoms with van der Waals surface area (Å²) in [6.07, 6.45) is -4.09. The lowest BCUT2D eigenvalue weighted by atomic mass is 9.98. The number of hydrogen-bond acceptors (Lipinski definition) is 5. The smallest absolute Gasteiger partial charge is 0.407 e. The normalized spacial score (nSPS) is 12.7. The van der Waals surface area contributed by atoms with Crippen molar-refractivity contribution in [2.24, 2.45) is 0 Å². The number of rotatable bonds is 6. The van der Waals surface area contributed by atoms with E-state index in [0.717, 1.165) is 5.56 Å². The fourth-order valence-corrected chi connectivity index (χ4v) is 2.18. The van der Waals surface area contributed by atoms with Crippen LogP contribution < -0.4 is 5.32 Å². The minimum Gasteiger partial charge on any atom is -0.445 e. The summed E-state index contributed by atoms with van der Waals surface area (Å²) in [6.45, 7) is -0.397. The first-order chi connectivity index (χ1) is 12.4. The molecule has 2 atom stereocenters. The Balaban J connectivity index is 1.91. The predicted molar refractivity (Wildman–Crippen MR) is 86.7 cm³/mol. The second-order valence-corrected chi connectivity index (χ2v) is 5.42. The van der Waals surface area contributed by atoms with E-state index in [-0.39, 0.29) is 17.7 Å². The molecule has 0 saturated heterocycles. The van der Waals surface area contributed by atoms with Gasteiger partial charge in [0.25, 0.3) is 0 Å². The molecule has 0 heterocycles. The molecule has 3 N–H and O–H groups in total. The third-order valence-electron chi connectivity index (χ3n) is 3.56. The molecule has 0 aliphatic heterocycles. The zero-order valence-corrected chi connectivity index (χ0v) is 13.5. The predicted octanol–water partition coefficient (Wildman–Crippen LogP) is 2.16. The highest BCUT2D eigenvalue weighted by Gasteiger charge is 2.24. The number of amides is 1. The van der Waals surface area contributed by atoms with Crippen LogP contribution in [0.4, 0.5) is 13.6 Å². The number of ether oxygens (including phenoxy) is 1. The van der Waals surface area contributed by atoms with E-state index in [4.69, 9.17) is 10.00 Å². The molecule has 0 aliphatic carbocycles. The molecule has 0 saturated carbocycles. The Bertz CT molecular complexity index is 809. The van der Waals surface area contributed by atoms with Crippen molar-refractivity contribution in [1.82, 2.24) is 5.32 Å². The van der Waals surface area contributed by atoms with Crippen LogP contribution in [0.5, 0.6) is 0 Å². The summed E-state index contributed by atoms with van der Waals surface area (Å²) >= 11 is 0. The van der Waals surface area contributed by atoms with Crippen LogP contribution in [0.2, 0.25) is 0 Å². The topological polar surface area (TPSA) is 103 Å². The average molecular weight is 362 g/mol. The maximum Gasteiger partial charge on any atom is 0.407 e. The van der Waals surface area contributed by atoms with E-state index in [0.29, 0.717) is 12.1 Å². The van der Waals surface area contributed by atoms with Gasteiger partial charge in [-0.2, -0.15) is 5.26 Å². The Kier molecular flexibility index (Phi) is 6.60. The molecule has 0 radical (unpaired) electrons. The van der Waals surface area contributed by atoms with E-state index in [9.17, 15) is 23.8 Å². The van der Waals surface area contributed by atoms with Crippen molar-refractivity contribution < 1.29 is 28.5 Å². The molecule has 2 aromatic rings. The van der Waals surface area contributed by atoms with Gasteiger partial charge in [-0.25, -0.2) is 13.6 Å². The van der Waals surface area contributed by atoms with E-state index in [1.54, 1.807) is 30.3 Å². The molecule has 2 rings (SSSR count). The number of benzene rings is 2. The molecule has 0 aromatic heterocycles. The average Bonchev–Trinajstić information content (AvgIpc) is 2.66. The molecule has 0 spiro atoms. The van der Waals surface area contributed by atoms with Gasteiger partial charge in [0, 0.05) is 12.1 Å². The van der Waals surface area contributed by atoms with Crippen LogP contribution in [0, 0.1) is 23.0 Å². The first-order valence-corrected chi connectivity index (χ1v) is 7.62. The number of carbonyl (C=O) groups excluding carboxylic acids is 1. The Labute approximate surface area is 148 Å². The van der Waals surface area contributed by atoms with Crippen molar-refractivity contribution >= 4 is 6.09 Å². The van der Waals surface area contributed by atoms with Gasteiger partial charge >= 0.3 is 6.09 Å². The molecule has 26 heavy (non-hydrogen) atoms. The van der Waals surface area contributed by atoms with Crippen molar-refractivity contribution in [2.75, 3.05) is 6.54 Å². The molecule has 2 unspecified atom stereocenters. The van der Waals surface area contributed by atoms with Gasteiger partial charge in [0.15, 0.2) is 11.6 Å². The van der Waals surface area contributed by atoms with Crippen LogP contribution in [-0.4, -0.2) is 29.0 Å². The molecule has 8 heteroatoms. The van der Waals surface area contributed by atoms with Crippen LogP contribution in [0.15, 0.2) is 42.5 Å². The van der Waals surface area contributed by atoms with Crippen molar-refractivity contribution in [3.8, 4) is 6.07 Å². The largest absolute Gasteiger partial charge is 0.445 e. The van der Waals surface area contributed by atoms with E-state index in [1.807, 2.05) is 6.07 Å². The van der Waals surface area contributed by atoms with Gasteiger partial charge in [-0.05, 0) is 17.7 Å². The van der Waals surface area contributed by atoms with Gasteiger partial charge in [0.2, 0.25) is 0 Å². The van der Waals surface area contributed by atoms with E-state index in [2.05, 4.69) is 5.32 Å². The lowest BCUT2D eigenvalue weighted by molar-refractivity contribution is 0.0180. The van der Waals surface area contributed by atoms with Gasteiger partial charge in [0.1, 0.15) is 18.8 Å². The summed E-state index contributed by atoms with van der Waals surface area (Å²) in [5.41, 5.74) is 0.170. The molecule has 0 bridgehead atoms. The highest BCUT2D eigenvalue weighted by atomic mass is 19.2. The second kappa shape index (κ2) is 8.89. The summed E-state index contributed by atoms with van der Waals surface area (Å²) in [5.74, 6) is -2.50. The number of halogens is 2. The minimum absolute atomic E-state index is 0.0209. The molecular formula is C18H16F2N2O4. The second-order valence-electron chi connectivity index (χ2n) is 5.42. The van der Waals surface area contributed by atoms with Gasteiger partial charge in [-0.15, -0.1) is 0 Å². The number of carbonyl (C=O) groups is 1. The molecular weight excluding hydrogens is 346 g/mol. The fraction of sp³-hybridized carbons (Fsp3) is 0.222. The molecule has 6 nitrogen and oxygen atoms in total. The lowest BCUT2D eigenvalue weighted by Gasteiger charge is -2.19. The first-order valence-electron chi connectivity index (χ1n) is 7.62. The van der Waals surface area contributed by atoms with Crippen molar-refractivity contribution in [3.05, 3.63) is 70.8 Å². The SMILES string of the molecule is N#Cc1cc(F)c(F)cc1C(O)C(O)CNC(=O)OCc1ccccc1.